The van der Waals surface area contributed by atoms with Gasteiger partial charge in [-0.15, -0.1) is 11.3 Å². The molecule has 1 aromatic heterocycles. The fourth-order valence-corrected chi connectivity index (χ4v) is 2.09. The minimum Gasteiger partial charge on any atom is -0.376 e. The van der Waals surface area contributed by atoms with Crippen LogP contribution in [0.25, 0.3) is 0 Å². The topological polar surface area (TPSA) is 35.5 Å². The molecular weight excluding hydrogens is 200 g/mol. The zero-order chi connectivity index (χ0) is 9.80. The van der Waals surface area contributed by atoms with E-state index in [0.717, 1.165) is 4.88 Å². The van der Waals surface area contributed by atoms with Gasteiger partial charge >= 0.3 is 0 Å². The molecule has 0 bridgehead atoms. The molecule has 2 rings (SSSR count). The molecule has 0 amide bonds. The Balaban J connectivity index is 1.88. The van der Waals surface area contributed by atoms with Gasteiger partial charge in [0.2, 0.25) is 0 Å². The van der Waals surface area contributed by atoms with E-state index in [0.29, 0.717) is 26.2 Å². The third-order valence-electron chi connectivity index (χ3n) is 2.10. The summed E-state index contributed by atoms with van der Waals surface area (Å²) in [4.78, 5) is 12.8. The summed E-state index contributed by atoms with van der Waals surface area (Å²) in [5, 5.41) is 1.97. The van der Waals surface area contributed by atoms with Gasteiger partial charge in [-0.05, 0) is 11.4 Å². The van der Waals surface area contributed by atoms with Gasteiger partial charge in [0.15, 0.2) is 5.78 Å². The van der Waals surface area contributed by atoms with E-state index in [4.69, 9.17) is 9.47 Å². The number of carbonyl (C=O) groups is 1. The molecule has 4 heteroatoms. The van der Waals surface area contributed by atoms with E-state index in [2.05, 4.69) is 0 Å². The molecule has 1 aromatic rings. The third-order valence-corrected chi connectivity index (χ3v) is 2.98. The molecule has 76 valence electrons. The van der Waals surface area contributed by atoms with Crippen molar-refractivity contribution >= 4 is 17.1 Å². The molecule has 0 radical (unpaired) electrons. The van der Waals surface area contributed by atoms with Crippen LogP contribution >= 0.6 is 11.3 Å². The quantitative estimate of drug-likeness (QED) is 0.757. The van der Waals surface area contributed by atoms with E-state index in [9.17, 15) is 4.79 Å². The fraction of sp³-hybridized carbons (Fsp3) is 0.500. The summed E-state index contributed by atoms with van der Waals surface area (Å²) in [6.45, 7) is 1.54. The first-order chi connectivity index (χ1) is 6.86. The van der Waals surface area contributed by atoms with Crippen molar-refractivity contribution in [1.29, 1.82) is 0 Å². The number of ketones is 1. The summed E-state index contributed by atoms with van der Waals surface area (Å²) < 4.78 is 10.5. The maximum atomic E-state index is 11.7. The number of rotatable bonds is 3. The highest BCUT2D eigenvalue weighted by Gasteiger charge is 2.22. The Morgan fingerprint density at radius 1 is 1.57 bits per heavy atom. The van der Waals surface area contributed by atoms with Gasteiger partial charge < -0.3 is 9.47 Å². The number of carbonyl (C=O) groups excluding carboxylic acids is 1. The van der Waals surface area contributed by atoms with Gasteiger partial charge in [0.05, 0.1) is 19.8 Å². The maximum Gasteiger partial charge on any atom is 0.169 e. The van der Waals surface area contributed by atoms with Crippen LogP contribution in [-0.4, -0.2) is 31.7 Å². The zero-order valence-corrected chi connectivity index (χ0v) is 8.59. The van der Waals surface area contributed by atoms with Crippen LogP contribution in [0, 0.1) is 0 Å². The van der Waals surface area contributed by atoms with Crippen molar-refractivity contribution in [2.24, 2.45) is 0 Å². The minimum atomic E-state index is -0.356. The predicted molar refractivity (Wildman–Crippen MR) is 53.6 cm³/mol. The van der Waals surface area contributed by atoms with Gasteiger partial charge in [-0.2, -0.15) is 0 Å². The van der Waals surface area contributed by atoms with E-state index in [-0.39, 0.29) is 11.9 Å². The van der Waals surface area contributed by atoms with Crippen LogP contribution in [0.15, 0.2) is 17.5 Å². The van der Waals surface area contributed by atoms with E-state index in [1.807, 2.05) is 17.5 Å². The highest BCUT2D eigenvalue weighted by atomic mass is 32.1. The van der Waals surface area contributed by atoms with Crippen molar-refractivity contribution in [2.45, 2.75) is 12.5 Å². The Labute approximate surface area is 86.6 Å². The molecule has 2 heterocycles. The number of ether oxygens (including phenoxy) is 2. The van der Waals surface area contributed by atoms with Crippen LogP contribution in [0.4, 0.5) is 0 Å². The predicted octanol–water partition coefficient (Wildman–Crippen LogP) is 1.28. The summed E-state index contributed by atoms with van der Waals surface area (Å²) in [6, 6.07) is 3.91. The molecule has 1 aliphatic rings. The van der Waals surface area contributed by atoms with E-state index < -0.39 is 0 Å². The van der Waals surface area contributed by atoms with Crippen molar-refractivity contribution in [3.63, 3.8) is 0 Å². The van der Waals surface area contributed by atoms with Crippen LogP contribution in [0.2, 0.25) is 0 Å². The molecule has 1 aliphatic heterocycles. The standard InChI is InChI=1S/C10H12O3S/c11-9(6-8-2-1-5-14-8)10-7-12-3-4-13-10/h1-2,5,10H,3-4,6-7H2. The van der Waals surface area contributed by atoms with Crippen molar-refractivity contribution < 1.29 is 14.3 Å². The Hall–Kier alpha value is -0.710. The number of hydrogen-bond acceptors (Lipinski definition) is 4. The monoisotopic (exact) mass is 212 g/mol. The number of hydrogen-bond donors (Lipinski definition) is 0. The first-order valence-corrected chi connectivity index (χ1v) is 5.48. The number of thiophene rings is 1. The Morgan fingerprint density at radius 2 is 2.50 bits per heavy atom. The molecule has 0 N–H and O–H groups in total. The summed E-state index contributed by atoms with van der Waals surface area (Å²) in [6.07, 6.45) is 0.108. The lowest BCUT2D eigenvalue weighted by Crippen LogP contribution is -2.36. The van der Waals surface area contributed by atoms with E-state index in [1.165, 1.54) is 0 Å². The highest BCUT2D eigenvalue weighted by Crippen LogP contribution is 2.12. The van der Waals surface area contributed by atoms with Crippen LogP contribution < -0.4 is 0 Å². The first-order valence-electron chi connectivity index (χ1n) is 4.61. The molecule has 3 nitrogen and oxygen atoms in total. The van der Waals surface area contributed by atoms with Crippen molar-refractivity contribution in [1.82, 2.24) is 0 Å². The molecule has 1 unspecified atom stereocenters. The Morgan fingerprint density at radius 3 is 3.14 bits per heavy atom. The van der Waals surface area contributed by atoms with Crippen molar-refractivity contribution in [3.05, 3.63) is 22.4 Å². The second kappa shape index (κ2) is 4.68. The molecule has 1 atom stereocenters. The largest absolute Gasteiger partial charge is 0.376 e. The molecule has 1 fully saturated rings. The molecule has 1 saturated heterocycles. The second-order valence-electron chi connectivity index (χ2n) is 3.16. The average Bonchev–Trinajstić information content (AvgIpc) is 2.72. The summed E-state index contributed by atoms with van der Waals surface area (Å²) >= 11 is 1.60. The van der Waals surface area contributed by atoms with Gasteiger partial charge in [-0.25, -0.2) is 0 Å². The van der Waals surface area contributed by atoms with Crippen LogP contribution in [0.3, 0.4) is 0 Å². The van der Waals surface area contributed by atoms with Crippen LogP contribution in [-0.2, 0) is 20.7 Å². The minimum absolute atomic E-state index is 0.118. The molecular formula is C10H12O3S. The summed E-state index contributed by atoms with van der Waals surface area (Å²) in [7, 11) is 0. The lowest BCUT2D eigenvalue weighted by molar-refractivity contribution is -0.144. The van der Waals surface area contributed by atoms with Gasteiger partial charge in [0.25, 0.3) is 0 Å². The van der Waals surface area contributed by atoms with Crippen molar-refractivity contribution in [3.8, 4) is 0 Å². The SMILES string of the molecule is O=C(Cc1cccs1)C1COCCO1. The molecule has 14 heavy (non-hydrogen) atoms. The van der Waals surface area contributed by atoms with Crippen molar-refractivity contribution in [2.75, 3.05) is 19.8 Å². The third kappa shape index (κ3) is 2.41. The smallest absolute Gasteiger partial charge is 0.169 e. The Kier molecular flexibility index (Phi) is 3.29. The normalized spacial score (nSPS) is 22.1. The van der Waals surface area contributed by atoms with E-state index >= 15 is 0 Å². The highest BCUT2D eigenvalue weighted by molar-refractivity contribution is 7.10. The zero-order valence-electron chi connectivity index (χ0n) is 7.77. The molecule has 0 aromatic carbocycles. The average molecular weight is 212 g/mol. The van der Waals surface area contributed by atoms with Crippen LogP contribution in [0.5, 0.6) is 0 Å². The molecule has 0 aliphatic carbocycles. The van der Waals surface area contributed by atoms with Gasteiger partial charge in [-0.1, -0.05) is 6.07 Å². The lowest BCUT2D eigenvalue weighted by Gasteiger charge is -2.21. The van der Waals surface area contributed by atoms with Gasteiger partial charge in [0, 0.05) is 11.3 Å². The molecule has 0 saturated carbocycles. The number of Topliss-reactive ketones (excluding diaryl/α,β-unsaturated/α-hetero) is 1. The first kappa shape index (κ1) is 9.83. The van der Waals surface area contributed by atoms with Gasteiger partial charge in [-0.3, -0.25) is 4.79 Å². The summed E-state index contributed by atoms with van der Waals surface area (Å²) in [5.41, 5.74) is 0. The van der Waals surface area contributed by atoms with E-state index in [1.54, 1.807) is 11.3 Å². The lowest BCUT2D eigenvalue weighted by atomic mass is 10.1. The summed E-state index contributed by atoms with van der Waals surface area (Å²) in [5.74, 6) is 0.118. The molecule has 0 spiro atoms. The second-order valence-corrected chi connectivity index (χ2v) is 4.19. The van der Waals surface area contributed by atoms with Gasteiger partial charge in [0.1, 0.15) is 6.10 Å². The maximum absolute atomic E-state index is 11.7. The van der Waals surface area contributed by atoms with Crippen LogP contribution in [0.1, 0.15) is 4.88 Å². The fourth-order valence-electron chi connectivity index (χ4n) is 1.37. The Bertz CT molecular complexity index is 288.